The number of aromatic nitrogens is 1. The Balaban J connectivity index is 1.53. The Labute approximate surface area is 143 Å². The van der Waals surface area contributed by atoms with Crippen LogP contribution in [0.3, 0.4) is 0 Å². The minimum atomic E-state index is -0.797. The minimum absolute atomic E-state index is 0.101. The Kier molecular flexibility index (Phi) is 5.12. The summed E-state index contributed by atoms with van der Waals surface area (Å²) < 4.78 is 5.55. The van der Waals surface area contributed by atoms with Crippen LogP contribution in [0.5, 0.6) is 5.75 Å². The summed E-state index contributed by atoms with van der Waals surface area (Å²) in [6, 6.07) is 12.1. The van der Waals surface area contributed by atoms with E-state index in [2.05, 4.69) is 10.3 Å². The van der Waals surface area contributed by atoms with Gasteiger partial charge < -0.3 is 15.2 Å². The molecule has 6 nitrogen and oxygen atoms in total. The molecule has 1 aromatic heterocycles. The number of nitrogens with one attached hydrogen (secondary N) is 1. The van der Waals surface area contributed by atoms with Crippen LogP contribution in [0.4, 0.5) is 4.79 Å². The third-order valence-electron chi connectivity index (χ3n) is 3.57. The van der Waals surface area contributed by atoms with Gasteiger partial charge in [-0.05, 0) is 29.8 Å². The quantitative estimate of drug-likeness (QED) is 0.834. The average molecular weight is 344 g/mol. The van der Waals surface area contributed by atoms with E-state index in [1.807, 2.05) is 18.2 Å². The summed E-state index contributed by atoms with van der Waals surface area (Å²) in [6.07, 6.45) is 1.28. The zero-order valence-electron chi connectivity index (χ0n) is 12.7. The van der Waals surface area contributed by atoms with Gasteiger partial charge in [-0.15, -0.1) is 0 Å². The lowest BCUT2D eigenvalue weighted by Gasteiger charge is -2.12. The highest BCUT2D eigenvalue weighted by Gasteiger charge is 2.31. The van der Waals surface area contributed by atoms with Gasteiger partial charge in [0.1, 0.15) is 24.5 Å². The predicted octanol–water partition coefficient (Wildman–Crippen LogP) is 2.09. The molecule has 0 aliphatic carbocycles. The van der Waals surface area contributed by atoms with E-state index in [1.165, 1.54) is 0 Å². The highest BCUT2D eigenvalue weighted by Crippen LogP contribution is 2.21. The van der Waals surface area contributed by atoms with Crippen molar-refractivity contribution in [3.63, 3.8) is 0 Å². The molecule has 1 saturated heterocycles. The molecule has 24 heavy (non-hydrogen) atoms. The standard InChI is InChI=1S/C17H16N2O4S/c20-15(13-3-1-2-8-18-13)10-23-12-6-4-11(5-7-12)9-14-16(21)24-17(22)19-14/h1-8,14-15,20H,9-10H2,(H,19,22). The fraction of sp³-hybridized carbons (Fsp3) is 0.235. The van der Waals surface area contributed by atoms with Crippen molar-refractivity contribution in [1.82, 2.24) is 10.3 Å². The van der Waals surface area contributed by atoms with Gasteiger partial charge in [0.15, 0.2) is 0 Å². The van der Waals surface area contributed by atoms with Crippen molar-refractivity contribution >= 4 is 22.1 Å². The lowest BCUT2D eigenvalue weighted by atomic mass is 10.1. The number of ether oxygens (including phenoxy) is 1. The van der Waals surface area contributed by atoms with Gasteiger partial charge in [-0.25, -0.2) is 0 Å². The maximum atomic E-state index is 11.6. The van der Waals surface area contributed by atoms with Crippen LogP contribution in [0.1, 0.15) is 17.4 Å². The summed E-state index contributed by atoms with van der Waals surface area (Å²) in [5.74, 6) is 0.616. The number of aliphatic hydroxyl groups is 1. The number of amides is 1. The fourth-order valence-corrected chi connectivity index (χ4v) is 2.99. The molecule has 1 aliphatic heterocycles. The molecule has 124 valence electrons. The van der Waals surface area contributed by atoms with Gasteiger partial charge >= 0.3 is 0 Å². The molecule has 2 N–H and O–H groups in total. The van der Waals surface area contributed by atoms with Crippen molar-refractivity contribution in [2.45, 2.75) is 18.6 Å². The zero-order chi connectivity index (χ0) is 16.9. The van der Waals surface area contributed by atoms with Crippen LogP contribution in [0.2, 0.25) is 0 Å². The SMILES string of the molecule is O=C1NC(Cc2ccc(OCC(O)c3ccccn3)cc2)C(=O)S1. The molecule has 2 unspecified atom stereocenters. The van der Waals surface area contributed by atoms with E-state index in [0.717, 1.165) is 5.56 Å². The summed E-state index contributed by atoms with van der Waals surface area (Å²) in [6.45, 7) is 0.101. The highest BCUT2D eigenvalue weighted by atomic mass is 32.2. The van der Waals surface area contributed by atoms with E-state index in [4.69, 9.17) is 4.74 Å². The van der Waals surface area contributed by atoms with Gasteiger partial charge in [-0.3, -0.25) is 14.6 Å². The number of aliphatic hydroxyl groups excluding tert-OH is 1. The maximum Gasteiger partial charge on any atom is 0.287 e. The normalized spacial score (nSPS) is 18.3. The van der Waals surface area contributed by atoms with E-state index < -0.39 is 12.1 Å². The first-order chi connectivity index (χ1) is 11.6. The minimum Gasteiger partial charge on any atom is -0.490 e. The molecular formula is C17H16N2O4S. The van der Waals surface area contributed by atoms with Crippen LogP contribution in [0.15, 0.2) is 48.7 Å². The summed E-state index contributed by atoms with van der Waals surface area (Å²) in [5, 5.41) is 12.2. The molecule has 2 heterocycles. The third kappa shape index (κ3) is 4.12. The summed E-state index contributed by atoms with van der Waals surface area (Å²) in [7, 11) is 0. The van der Waals surface area contributed by atoms with Crippen LogP contribution >= 0.6 is 11.8 Å². The van der Waals surface area contributed by atoms with E-state index in [0.29, 0.717) is 29.6 Å². The third-order valence-corrected chi connectivity index (χ3v) is 4.36. The van der Waals surface area contributed by atoms with Gasteiger partial charge in [-0.1, -0.05) is 18.2 Å². The van der Waals surface area contributed by atoms with Gasteiger partial charge in [0, 0.05) is 24.4 Å². The Morgan fingerprint density at radius 1 is 1.21 bits per heavy atom. The van der Waals surface area contributed by atoms with Crippen LogP contribution in [-0.4, -0.2) is 33.1 Å². The number of carbonyl (C=O) groups is 2. The van der Waals surface area contributed by atoms with Crippen LogP contribution in [0.25, 0.3) is 0 Å². The largest absolute Gasteiger partial charge is 0.490 e. The molecule has 2 aromatic rings. The second-order valence-corrected chi connectivity index (χ2v) is 6.31. The number of hydrogen-bond donors (Lipinski definition) is 2. The molecule has 2 atom stereocenters. The maximum absolute atomic E-state index is 11.6. The molecular weight excluding hydrogens is 328 g/mol. The number of benzene rings is 1. The van der Waals surface area contributed by atoms with Crippen LogP contribution in [0, 0.1) is 0 Å². The Morgan fingerprint density at radius 3 is 2.62 bits per heavy atom. The molecule has 0 radical (unpaired) electrons. The molecule has 0 bridgehead atoms. The zero-order valence-corrected chi connectivity index (χ0v) is 13.5. The van der Waals surface area contributed by atoms with Gasteiger partial charge in [-0.2, -0.15) is 0 Å². The van der Waals surface area contributed by atoms with Crippen molar-refractivity contribution < 1.29 is 19.4 Å². The summed E-state index contributed by atoms with van der Waals surface area (Å²) in [4.78, 5) is 26.8. The number of carbonyl (C=O) groups excluding carboxylic acids is 2. The number of pyridine rings is 1. The summed E-state index contributed by atoms with van der Waals surface area (Å²) in [5.41, 5.74) is 1.48. The molecule has 1 aromatic carbocycles. The van der Waals surface area contributed by atoms with E-state index in [-0.39, 0.29) is 17.0 Å². The van der Waals surface area contributed by atoms with Crippen molar-refractivity contribution in [3.8, 4) is 5.75 Å². The van der Waals surface area contributed by atoms with Crippen LogP contribution < -0.4 is 10.1 Å². The average Bonchev–Trinajstić information content (AvgIpc) is 2.92. The number of hydrogen-bond acceptors (Lipinski definition) is 6. The van der Waals surface area contributed by atoms with Gasteiger partial charge in [0.05, 0.1) is 5.69 Å². The first-order valence-corrected chi connectivity index (χ1v) is 8.26. The predicted molar refractivity (Wildman–Crippen MR) is 89.8 cm³/mol. The van der Waals surface area contributed by atoms with Crippen molar-refractivity contribution in [2.24, 2.45) is 0 Å². The highest BCUT2D eigenvalue weighted by molar-refractivity contribution is 8.26. The molecule has 0 saturated carbocycles. The topological polar surface area (TPSA) is 88.5 Å². The van der Waals surface area contributed by atoms with Gasteiger partial charge in [0.25, 0.3) is 5.24 Å². The molecule has 1 amide bonds. The number of rotatable bonds is 6. The second-order valence-electron chi connectivity index (χ2n) is 5.33. The molecule has 3 rings (SSSR count). The lowest BCUT2D eigenvalue weighted by Crippen LogP contribution is -2.30. The Hall–Kier alpha value is -2.38. The Bertz CT molecular complexity index is 721. The molecule has 1 fully saturated rings. The first kappa shape index (κ1) is 16.5. The van der Waals surface area contributed by atoms with E-state index >= 15 is 0 Å². The Morgan fingerprint density at radius 2 is 2.00 bits per heavy atom. The molecule has 1 aliphatic rings. The summed E-state index contributed by atoms with van der Waals surface area (Å²) >= 11 is 0.713. The lowest BCUT2D eigenvalue weighted by molar-refractivity contribution is -0.112. The smallest absolute Gasteiger partial charge is 0.287 e. The van der Waals surface area contributed by atoms with Crippen molar-refractivity contribution in [3.05, 3.63) is 59.9 Å². The van der Waals surface area contributed by atoms with Crippen LogP contribution in [-0.2, 0) is 11.2 Å². The van der Waals surface area contributed by atoms with Crippen molar-refractivity contribution in [2.75, 3.05) is 6.61 Å². The first-order valence-electron chi connectivity index (χ1n) is 7.45. The van der Waals surface area contributed by atoms with E-state index in [9.17, 15) is 14.7 Å². The fourth-order valence-electron chi connectivity index (χ4n) is 2.32. The second kappa shape index (κ2) is 7.46. The van der Waals surface area contributed by atoms with Crippen molar-refractivity contribution in [1.29, 1.82) is 0 Å². The molecule has 7 heteroatoms. The monoisotopic (exact) mass is 344 g/mol. The van der Waals surface area contributed by atoms with Gasteiger partial charge in [0.2, 0.25) is 5.12 Å². The molecule has 0 spiro atoms. The number of thioether (sulfide) groups is 1. The van der Waals surface area contributed by atoms with E-state index in [1.54, 1.807) is 30.5 Å². The number of nitrogens with zero attached hydrogens (tertiary/aromatic N) is 1.